The molecule has 6 aromatic carbocycles. The molecule has 0 saturated heterocycles. The molecule has 0 aliphatic heterocycles. The molecule has 8 heteroatoms. The first-order valence-electron chi connectivity index (χ1n) is 16.4. The van der Waals surface area contributed by atoms with E-state index in [2.05, 4.69) is 83.1 Å². The molecular weight excluding hydrogens is 846 g/mol. The summed E-state index contributed by atoms with van der Waals surface area (Å²) in [5, 5.41) is 6.44. The maximum atomic E-state index is 6.49. The van der Waals surface area contributed by atoms with Crippen LogP contribution in [0.15, 0.2) is 118 Å². The van der Waals surface area contributed by atoms with E-state index in [1.54, 1.807) is 0 Å². The van der Waals surface area contributed by atoms with Gasteiger partial charge < -0.3 is 23.7 Å². The summed E-state index contributed by atoms with van der Waals surface area (Å²) in [5.41, 5.74) is 11.9. The predicted octanol–water partition coefficient (Wildman–Crippen LogP) is 15.5. The van der Waals surface area contributed by atoms with E-state index in [1.165, 1.54) is 78.3 Å². The fourth-order valence-electron chi connectivity index (χ4n) is 6.69. The molecule has 0 amide bonds. The zero-order chi connectivity index (χ0) is 35.7. The van der Waals surface area contributed by atoms with Crippen molar-refractivity contribution in [2.45, 2.75) is 41.5 Å². The summed E-state index contributed by atoms with van der Waals surface area (Å²) in [6, 6.07) is 37.4. The van der Waals surface area contributed by atoms with Crippen LogP contribution < -0.4 is 0 Å². The number of fused-ring (bicyclic) bond motifs is 2. The van der Waals surface area contributed by atoms with Gasteiger partial charge in [-0.05, 0) is 100 Å². The van der Waals surface area contributed by atoms with E-state index in [0.717, 1.165) is 55.3 Å². The molecule has 280 valence electrons. The van der Waals surface area contributed by atoms with Gasteiger partial charge in [-0.3, -0.25) is 0 Å². The van der Waals surface area contributed by atoms with Gasteiger partial charge in [0.25, 0.3) is 0 Å². The first kappa shape index (κ1) is 47.1. The molecule has 0 atom stereocenters. The molecule has 2 aromatic heterocycles. The van der Waals surface area contributed by atoms with Crippen LogP contribution in [-0.4, -0.2) is 6.88 Å². The number of hydrogen-bond acceptors (Lipinski definition) is 2. The van der Waals surface area contributed by atoms with Gasteiger partial charge in [-0.2, -0.15) is 0 Å². The molecule has 0 spiro atoms. The maximum absolute atomic E-state index is 6.49. The van der Waals surface area contributed by atoms with Crippen molar-refractivity contribution < 1.29 is 32.2 Å². The van der Waals surface area contributed by atoms with Gasteiger partial charge >= 0.3 is 30.2 Å². The summed E-state index contributed by atoms with van der Waals surface area (Å²) in [4.78, 5) is 0. The van der Waals surface area contributed by atoms with Gasteiger partial charge in [0.1, 0.15) is 0 Å². The Labute approximate surface area is 360 Å². The summed E-state index contributed by atoms with van der Waals surface area (Å²) in [7, 11) is 0. The fraction of sp³-hybridized carbons (Fsp3) is 0.130. The second-order valence-electron chi connectivity index (χ2n) is 12.7. The molecule has 0 saturated carbocycles. The van der Waals surface area contributed by atoms with Crippen LogP contribution in [0.3, 0.4) is 0 Å². The summed E-state index contributed by atoms with van der Waals surface area (Å²) in [6.07, 6.45) is 0. The predicted molar refractivity (Wildman–Crippen MR) is 237 cm³/mol. The number of aryl methyl sites for hydroxylation is 4. The van der Waals surface area contributed by atoms with Crippen molar-refractivity contribution in [2.75, 3.05) is 0 Å². The standard InChI is InChI=1S/2C22H18ClO.2CH3.2ClH.Si.Zr/c2*1-13-10-16-11-17(21-9-8-14(2)24-21)12-19(16)22(15(13)3)18-6-4-5-7-20(18)23;;;;;;/h2*4-12H,1-3H3;2*1H3;2*1H;;/q4*-1;;;;. The topological polar surface area (TPSA) is 26.3 Å². The fourth-order valence-corrected chi connectivity index (χ4v) is 7.15. The monoisotopic (exact) mass is 886 g/mol. The number of benzene rings is 4. The van der Waals surface area contributed by atoms with Crippen molar-refractivity contribution in [1.82, 2.24) is 0 Å². The minimum atomic E-state index is 0. The molecule has 2 heterocycles. The Balaban J connectivity index is 0.000000334. The van der Waals surface area contributed by atoms with E-state index < -0.39 is 0 Å². The molecular formula is C46H44Cl4O2SiZr-4. The van der Waals surface area contributed by atoms with Gasteiger partial charge in [-0.15, -0.1) is 82.8 Å². The zero-order valence-corrected chi connectivity index (χ0v) is 38.4. The molecule has 8 aromatic rings. The number of rotatable bonds is 4. The third-order valence-corrected chi connectivity index (χ3v) is 10.1. The Morgan fingerprint density at radius 3 is 1.19 bits per heavy atom. The third kappa shape index (κ3) is 9.47. The van der Waals surface area contributed by atoms with Crippen LogP contribution >= 0.6 is 48.0 Å². The summed E-state index contributed by atoms with van der Waals surface area (Å²) in [6.45, 7) is 15.6. The molecule has 2 radical (unpaired) electrons. The Morgan fingerprint density at radius 2 is 0.870 bits per heavy atom. The summed E-state index contributed by atoms with van der Waals surface area (Å²) < 4.78 is 11.6. The first-order chi connectivity index (χ1) is 24.1. The van der Waals surface area contributed by atoms with E-state index >= 15 is 0 Å². The van der Waals surface area contributed by atoms with Gasteiger partial charge in [0.15, 0.2) is 0 Å². The van der Waals surface area contributed by atoms with Gasteiger partial charge in [-0.1, -0.05) is 93.0 Å². The van der Waals surface area contributed by atoms with E-state index in [1.807, 2.05) is 74.5 Å². The summed E-state index contributed by atoms with van der Waals surface area (Å²) in [5.74, 6) is 3.66. The average Bonchev–Trinajstić information content (AvgIpc) is 3.92. The van der Waals surface area contributed by atoms with Gasteiger partial charge in [0, 0.05) is 10.0 Å². The SMILES string of the molecule is Cc1ccc(-c2cc3c(-c4ccccc4Cl)c(C)c(C)cc3[cH-]2)o1.Cc1ccc(-c2cc3c(-c4ccccc4Cl)c(C)c(C)cc3[cH-]2)o1.Cl.Cl.[CH3-].[CH3-].[Si]=[Zr]. The van der Waals surface area contributed by atoms with E-state index in [-0.39, 0.29) is 39.7 Å². The molecule has 0 bridgehead atoms. The van der Waals surface area contributed by atoms with Gasteiger partial charge in [-0.25, -0.2) is 0 Å². The van der Waals surface area contributed by atoms with Crippen molar-refractivity contribution in [3.05, 3.63) is 168 Å². The zero-order valence-electron chi connectivity index (χ0n) is 31.8. The molecule has 0 aliphatic carbocycles. The van der Waals surface area contributed by atoms with Crippen LogP contribution in [0.5, 0.6) is 0 Å². The van der Waals surface area contributed by atoms with Crippen molar-refractivity contribution in [3.63, 3.8) is 0 Å². The molecule has 0 fully saturated rings. The molecule has 2 nitrogen and oxygen atoms in total. The molecule has 0 N–H and O–H groups in total. The Morgan fingerprint density at radius 1 is 0.519 bits per heavy atom. The van der Waals surface area contributed by atoms with Crippen molar-refractivity contribution in [2.24, 2.45) is 0 Å². The second-order valence-corrected chi connectivity index (χ2v) is 13.5. The minimum absolute atomic E-state index is 0. The van der Waals surface area contributed by atoms with Crippen LogP contribution in [0.4, 0.5) is 0 Å². The number of hydrogen-bond donors (Lipinski definition) is 0. The van der Waals surface area contributed by atoms with Crippen LogP contribution in [0.1, 0.15) is 33.8 Å². The molecule has 54 heavy (non-hydrogen) atoms. The first-order valence-corrected chi connectivity index (χ1v) is 21.3. The van der Waals surface area contributed by atoms with Crippen molar-refractivity contribution in [3.8, 4) is 44.9 Å². The Bertz CT molecular complexity index is 2310. The second kappa shape index (κ2) is 20.2. The number of halogens is 4. The normalized spacial score (nSPS) is 10.1. The molecule has 0 unspecified atom stereocenters. The Hall–Kier alpha value is -3.08. The van der Waals surface area contributed by atoms with Crippen molar-refractivity contribution >= 4 is 76.4 Å². The van der Waals surface area contributed by atoms with Crippen molar-refractivity contribution in [1.29, 1.82) is 0 Å². The van der Waals surface area contributed by atoms with Crippen LogP contribution in [0.25, 0.3) is 66.4 Å². The van der Waals surface area contributed by atoms with Crippen LogP contribution in [-0.2, 0) is 23.3 Å². The molecule has 0 aliphatic rings. The quantitative estimate of drug-likeness (QED) is 0.130. The van der Waals surface area contributed by atoms with E-state index in [4.69, 9.17) is 32.0 Å². The summed E-state index contributed by atoms with van der Waals surface area (Å²) >= 11 is 14.3. The van der Waals surface area contributed by atoms with Gasteiger partial charge in [0.05, 0.1) is 23.0 Å². The van der Waals surface area contributed by atoms with Crippen LogP contribution in [0.2, 0.25) is 10.0 Å². The average molecular weight is 890 g/mol. The van der Waals surface area contributed by atoms with Crippen LogP contribution in [0, 0.1) is 56.4 Å². The number of furan rings is 2. The Kier molecular flexibility index (Phi) is 17.6. The van der Waals surface area contributed by atoms with Gasteiger partial charge in [0.2, 0.25) is 0 Å². The van der Waals surface area contributed by atoms with E-state index in [0.29, 0.717) is 0 Å². The van der Waals surface area contributed by atoms with E-state index in [9.17, 15) is 0 Å². The third-order valence-electron chi connectivity index (χ3n) is 9.40. The molecule has 8 rings (SSSR count).